The molecule has 1 rings (SSSR count). The fourth-order valence-corrected chi connectivity index (χ4v) is 0.772. The summed E-state index contributed by atoms with van der Waals surface area (Å²) in [6.45, 7) is 0. The van der Waals surface area contributed by atoms with Crippen LogP contribution in [-0.2, 0) is 0 Å². The first-order valence-electron chi connectivity index (χ1n) is 3.18. The van der Waals surface area contributed by atoms with E-state index in [2.05, 4.69) is 5.21 Å². The van der Waals surface area contributed by atoms with E-state index >= 15 is 0 Å². The largest absolute Gasteiger partial charge is 0.236 e. The van der Waals surface area contributed by atoms with Gasteiger partial charge in [-0.15, -0.1) is 0 Å². The highest BCUT2D eigenvalue weighted by Gasteiger charge is 2.03. The second-order valence-corrected chi connectivity index (χ2v) is 2.06. The Morgan fingerprint density at radius 2 is 1.91 bits per heavy atom. The fourth-order valence-electron chi connectivity index (χ4n) is 0.772. The highest BCUT2D eigenvalue weighted by atomic mass is 19.2. The summed E-state index contributed by atoms with van der Waals surface area (Å²) in [5, 5.41) is 2.11. The Morgan fingerprint density at radius 3 is 2.45 bits per heavy atom. The van der Waals surface area contributed by atoms with Crippen molar-refractivity contribution >= 4 is 6.21 Å². The first kappa shape index (κ1) is 7.85. The lowest BCUT2D eigenvalue weighted by Gasteiger charge is -1.98. The molecule has 0 amide bonds. The summed E-state index contributed by atoms with van der Waals surface area (Å²) in [5.41, 5.74) is 0.411. The third kappa shape index (κ3) is 2.11. The molecule has 0 fully saturated rings. The van der Waals surface area contributed by atoms with E-state index in [0.717, 1.165) is 0 Å². The quantitative estimate of drug-likeness (QED) is 0.582. The van der Waals surface area contributed by atoms with Crippen molar-refractivity contribution in [2.45, 2.75) is 6.17 Å². The van der Waals surface area contributed by atoms with Crippen molar-refractivity contribution in [2.24, 2.45) is 5.21 Å². The van der Waals surface area contributed by atoms with E-state index in [9.17, 15) is 8.87 Å². The van der Waals surface area contributed by atoms with Crippen LogP contribution in [0.1, 0.15) is 11.7 Å². The first-order valence-corrected chi connectivity index (χ1v) is 3.18. The van der Waals surface area contributed by atoms with Crippen LogP contribution < -0.4 is 0 Å². The van der Waals surface area contributed by atoms with Crippen LogP contribution in [0.15, 0.2) is 35.5 Å². The zero-order valence-electron chi connectivity index (χ0n) is 5.74. The smallest absolute Gasteiger partial charge is 0.163 e. The molecule has 1 aromatic carbocycles. The predicted octanol–water partition coefficient (Wildman–Crippen LogP) is 2.65. The average Bonchev–Trinajstić information content (AvgIpc) is 2.07. The van der Waals surface area contributed by atoms with Crippen LogP contribution in [0, 0.1) is 0 Å². The van der Waals surface area contributed by atoms with Gasteiger partial charge in [0, 0.05) is 0 Å². The second-order valence-electron chi connectivity index (χ2n) is 2.06. The highest BCUT2D eigenvalue weighted by Crippen LogP contribution is 2.13. The number of nitrogens with zero attached hydrogens (tertiary/aromatic N) is 1. The van der Waals surface area contributed by atoms with Gasteiger partial charge in [-0.2, -0.15) is 0 Å². The fraction of sp³-hybridized carbons (Fsp3) is 0.125. The topological polar surface area (TPSA) is 12.4 Å². The SMILES string of the molecule is FN=CC(F)c1ccccc1. The molecule has 0 aliphatic heterocycles. The van der Waals surface area contributed by atoms with Gasteiger partial charge in [0.05, 0.1) is 6.21 Å². The van der Waals surface area contributed by atoms with Crippen LogP contribution in [0.2, 0.25) is 0 Å². The number of rotatable bonds is 2. The molecule has 0 bridgehead atoms. The molecule has 0 radical (unpaired) electrons. The average molecular weight is 155 g/mol. The van der Waals surface area contributed by atoms with E-state index in [0.29, 0.717) is 11.8 Å². The molecule has 0 saturated heterocycles. The third-order valence-electron chi connectivity index (χ3n) is 1.31. The second kappa shape index (κ2) is 3.81. The molecule has 0 aliphatic carbocycles. The minimum Gasteiger partial charge on any atom is -0.236 e. The van der Waals surface area contributed by atoms with Crippen LogP contribution in [0.25, 0.3) is 0 Å². The van der Waals surface area contributed by atoms with Crippen molar-refractivity contribution in [1.29, 1.82) is 0 Å². The van der Waals surface area contributed by atoms with Gasteiger partial charge in [0.15, 0.2) is 6.17 Å². The van der Waals surface area contributed by atoms with Crippen molar-refractivity contribution in [3.8, 4) is 0 Å². The van der Waals surface area contributed by atoms with Gasteiger partial charge in [0.1, 0.15) is 0 Å². The molecule has 0 aromatic heterocycles. The van der Waals surface area contributed by atoms with E-state index in [-0.39, 0.29) is 0 Å². The van der Waals surface area contributed by atoms with Gasteiger partial charge in [-0.25, -0.2) is 4.39 Å². The van der Waals surface area contributed by atoms with E-state index < -0.39 is 6.17 Å². The first-order chi connectivity index (χ1) is 5.34. The van der Waals surface area contributed by atoms with Crippen LogP contribution in [0.5, 0.6) is 0 Å². The maximum Gasteiger partial charge on any atom is 0.163 e. The van der Waals surface area contributed by atoms with Crippen LogP contribution in [0.4, 0.5) is 8.87 Å². The Bertz CT molecular complexity index is 233. The van der Waals surface area contributed by atoms with Crippen LogP contribution in [-0.4, -0.2) is 6.21 Å². The van der Waals surface area contributed by atoms with Crippen molar-refractivity contribution in [1.82, 2.24) is 0 Å². The lowest BCUT2D eigenvalue weighted by atomic mass is 10.1. The van der Waals surface area contributed by atoms with Gasteiger partial charge in [-0.3, -0.25) is 0 Å². The lowest BCUT2D eigenvalue weighted by Crippen LogP contribution is -1.90. The van der Waals surface area contributed by atoms with Crippen LogP contribution in [0.3, 0.4) is 0 Å². The predicted molar refractivity (Wildman–Crippen MR) is 39.9 cm³/mol. The van der Waals surface area contributed by atoms with Crippen LogP contribution >= 0.6 is 0 Å². The van der Waals surface area contributed by atoms with Gasteiger partial charge in [0.2, 0.25) is 0 Å². The lowest BCUT2D eigenvalue weighted by molar-refractivity contribution is 0.434. The molecular formula is C8H7F2N. The molecule has 3 heteroatoms. The molecule has 11 heavy (non-hydrogen) atoms. The summed E-state index contributed by atoms with van der Waals surface area (Å²) in [4.78, 5) is 0. The summed E-state index contributed by atoms with van der Waals surface area (Å²) < 4.78 is 24.0. The van der Waals surface area contributed by atoms with Crippen molar-refractivity contribution in [3.63, 3.8) is 0 Å². The van der Waals surface area contributed by atoms with Crippen molar-refractivity contribution in [3.05, 3.63) is 35.9 Å². The number of halogens is 2. The molecule has 0 heterocycles. The Labute approximate surface area is 63.3 Å². The summed E-state index contributed by atoms with van der Waals surface area (Å²) >= 11 is 0. The van der Waals surface area contributed by atoms with Gasteiger partial charge >= 0.3 is 0 Å². The van der Waals surface area contributed by atoms with E-state index in [1.807, 2.05) is 0 Å². The zero-order valence-corrected chi connectivity index (χ0v) is 5.74. The Balaban J connectivity index is 2.76. The van der Waals surface area contributed by atoms with E-state index in [1.54, 1.807) is 30.3 Å². The van der Waals surface area contributed by atoms with Gasteiger partial charge in [0.25, 0.3) is 0 Å². The maximum atomic E-state index is 12.7. The standard InChI is InChI=1S/C8H7F2N/c9-8(6-11-10)7-4-2-1-3-5-7/h1-6,8H. The molecule has 1 nitrogen and oxygen atoms in total. The van der Waals surface area contributed by atoms with E-state index in [4.69, 9.17) is 0 Å². The molecule has 0 saturated carbocycles. The molecule has 0 spiro atoms. The summed E-state index contributed by atoms with van der Waals surface area (Å²) in [5.74, 6) is 0. The summed E-state index contributed by atoms with van der Waals surface area (Å²) in [6, 6.07) is 8.30. The molecule has 58 valence electrons. The van der Waals surface area contributed by atoms with E-state index in [1.165, 1.54) is 0 Å². The summed E-state index contributed by atoms with van der Waals surface area (Å²) in [6.07, 6.45) is -0.823. The Hall–Kier alpha value is -1.25. The van der Waals surface area contributed by atoms with Gasteiger partial charge in [-0.1, -0.05) is 40.0 Å². The zero-order chi connectivity index (χ0) is 8.10. The number of alkyl halides is 1. The monoisotopic (exact) mass is 155 g/mol. The molecule has 1 unspecified atom stereocenters. The number of benzene rings is 1. The molecule has 0 aliphatic rings. The van der Waals surface area contributed by atoms with Crippen molar-refractivity contribution in [2.75, 3.05) is 0 Å². The van der Waals surface area contributed by atoms with Gasteiger partial charge < -0.3 is 0 Å². The molecule has 1 aromatic rings. The molecule has 0 N–H and O–H groups in total. The third-order valence-corrected chi connectivity index (χ3v) is 1.31. The molecular weight excluding hydrogens is 148 g/mol. The Morgan fingerprint density at radius 1 is 1.27 bits per heavy atom. The minimum absolute atomic E-state index is 0.411. The van der Waals surface area contributed by atoms with Gasteiger partial charge in [-0.05, 0) is 5.56 Å². The number of hydrogen-bond donors (Lipinski definition) is 0. The van der Waals surface area contributed by atoms with Crippen molar-refractivity contribution < 1.29 is 8.87 Å². The summed E-state index contributed by atoms with van der Waals surface area (Å²) in [7, 11) is 0. The molecule has 1 atom stereocenters. The number of hydrogen-bond acceptors (Lipinski definition) is 1. The Kier molecular flexibility index (Phi) is 2.72. The minimum atomic E-state index is -1.44. The maximum absolute atomic E-state index is 12.7. The highest BCUT2D eigenvalue weighted by molar-refractivity contribution is 5.64. The normalized spacial score (nSPS) is 13.6.